The monoisotopic (exact) mass is 270 g/mol. The molecule has 0 heterocycles. The number of likely N-dealkylation sites (N-methyl/N-ethyl adjacent to an activating group) is 1. The topological polar surface area (TPSA) is 49.5 Å². The molecule has 0 aliphatic heterocycles. The second-order valence-electron chi connectivity index (χ2n) is 5.00. The predicted octanol–water partition coefficient (Wildman–Crippen LogP) is 2.82. The average molecular weight is 270 g/mol. The summed E-state index contributed by atoms with van der Waals surface area (Å²) >= 11 is 0. The number of aliphatic hydroxyl groups excluding tert-OH is 1. The number of hydrogen-bond donors (Lipinski definition) is 2. The quantitative estimate of drug-likeness (QED) is 0.794. The van der Waals surface area contributed by atoms with Gasteiger partial charge in [-0.15, -0.1) is 0 Å². The van der Waals surface area contributed by atoms with Crippen LogP contribution in [0, 0.1) is 0 Å². The summed E-state index contributed by atoms with van der Waals surface area (Å²) in [5, 5.41) is 10.3. The highest BCUT2D eigenvalue weighted by Crippen LogP contribution is 2.17. The number of nitrogen functional groups attached to an aromatic ring is 1. The van der Waals surface area contributed by atoms with Crippen LogP contribution in [0.2, 0.25) is 0 Å². The molecule has 1 atom stereocenters. The summed E-state index contributed by atoms with van der Waals surface area (Å²) in [6.07, 6.45) is -0.487. The predicted molar refractivity (Wildman–Crippen MR) is 83.2 cm³/mol. The van der Waals surface area contributed by atoms with Crippen LogP contribution in [0.1, 0.15) is 24.2 Å². The smallest absolute Gasteiger partial charge is 0.0917 e. The van der Waals surface area contributed by atoms with Gasteiger partial charge in [-0.2, -0.15) is 0 Å². The number of anilines is 1. The molecule has 3 N–H and O–H groups in total. The highest BCUT2D eigenvalue weighted by atomic mass is 16.3. The van der Waals surface area contributed by atoms with Gasteiger partial charge in [-0.3, -0.25) is 4.90 Å². The Bertz CT molecular complexity index is 510. The Hall–Kier alpha value is -1.84. The minimum absolute atomic E-state index is 0.487. The first-order valence-electron chi connectivity index (χ1n) is 6.99. The molecule has 1 unspecified atom stereocenters. The lowest BCUT2D eigenvalue weighted by Gasteiger charge is -2.24. The average Bonchev–Trinajstić information content (AvgIpc) is 2.48. The molecule has 2 aromatic carbocycles. The van der Waals surface area contributed by atoms with E-state index in [4.69, 9.17) is 5.73 Å². The molecule has 0 saturated carbocycles. The molecule has 0 spiro atoms. The van der Waals surface area contributed by atoms with Crippen LogP contribution in [0.15, 0.2) is 54.6 Å². The van der Waals surface area contributed by atoms with E-state index in [9.17, 15) is 5.11 Å². The second-order valence-corrected chi connectivity index (χ2v) is 5.00. The zero-order valence-corrected chi connectivity index (χ0v) is 11.9. The normalized spacial score (nSPS) is 12.6. The van der Waals surface area contributed by atoms with Crippen LogP contribution in [0.25, 0.3) is 0 Å². The third-order valence-corrected chi connectivity index (χ3v) is 3.45. The largest absolute Gasteiger partial charge is 0.399 e. The van der Waals surface area contributed by atoms with Gasteiger partial charge in [-0.1, -0.05) is 49.4 Å². The molecule has 0 bridgehead atoms. The van der Waals surface area contributed by atoms with Crippen LogP contribution in [0.5, 0.6) is 0 Å². The molecule has 3 nitrogen and oxygen atoms in total. The van der Waals surface area contributed by atoms with Gasteiger partial charge in [0.2, 0.25) is 0 Å². The van der Waals surface area contributed by atoms with Crippen molar-refractivity contribution in [2.75, 3.05) is 18.8 Å². The van der Waals surface area contributed by atoms with Crippen molar-refractivity contribution in [1.29, 1.82) is 0 Å². The zero-order chi connectivity index (χ0) is 14.4. The van der Waals surface area contributed by atoms with Crippen molar-refractivity contribution in [3.8, 4) is 0 Å². The Labute approximate surface area is 120 Å². The Morgan fingerprint density at radius 2 is 1.70 bits per heavy atom. The molecule has 0 aliphatic rings. The fourth-order valence-electron chi connectivity index (χ4n) is 2.22. The number of nitrogens with zero attached hydrogens (tertiary/aromatic N) is 1. The van der Waals surface area contributed by atoms with Crippen molar-refractivity contribution in [2.45, 2.75) is 19.6 Å². The minimum Gasteiger partial charge on any atom is -0.399 e. The van der Waals surface area contributed by atoms with E-state index in [1.807, 2.05) is 42.5 Å². The van der Waals surface area contributed by atoms with Gasteiger partial charge in [0, 0.05) is 18.8 Å². The van der Waals surface area contributed by atoms with Gasteiger partial charge in [0.25, 0.3) is 0 Å². The molecule has 2 rings (SSSR count). The molecular weight excluding hydrogens is 248 g/mol. The van der Waals surface area contributed by atoms with Crippen LogP contribution in [-0.4, -0.2) is 23.1 Å². The second kappa shape index (κ2) is 7.08. The van der Waals surface area contributed by atoms with Crippen molar-refractivity contribution >= 4 is 5.69 Å². The van der Waals surface area contributed by atoms with Crippen molar-refractivity contribution in [3.05, 3.63) is 65.7 Å². The van der Waals surface area contributed by atoms with Gasteiger partial charge in [-0.25, -0.2) is 0 Å². The molecule has 0 saturated heterocycles. The van der Waals surface area contributed by atoms with E-state index < -0.39 is 6.10 Å². The lowest BCUT2D eigenvalue weighted by molar-refractivity contribution is 0.112. The number of rotatable bonds is 6. The SMILES string of the molecule is CCN(Cc1ccccc1)CC(O)c1ccc(N)cc1. The van der Waals surface area contributed by atoms with E-state index in [1.165, 1.54) is 5.56 Å². The number of benzene rings is 2. The standard InChI is InChI=1S/C17H22N2O/c1-2-19(12-14-6-4-3-5-7-14)13-17(20)15-8-10-16(18)11-9-15/h3-11,17,20H,2,12-13,18H2,1H3. The Morgan fingerprint density at radius 3 is 2.30 bits per heavy atom. The molecule has 0 amide bonds. The van der Waals surface area contributed by atoms with Crippen molar-refractivity contribution in [2.24, 2.45) is 0 Å². The van der Waals surface area contributed by atoms with E-state index in [2.05, 4.69) is 24.0 Å². The van der Waals surface area contributed by atoms with E-state index in [1.54, 1.807) is 0 Å². The molecule has 0 radical (unpaired) electrons. The van der Waals surface area contributed by atoms with Gasteiger partial charge >= 0.3 is 0 Å². The first kappa shape index (κ1) is 14.6. The van der Waals surface area contributed by atoms with Gasteiger partial charge in [-0.05, 0) is 29.8 Å². The fraction of sp³-hybridized carbons (Fsp3) is 0.294. The highest BCUT2D eigenvalue weighted by Gasteiger charge is 2.12. The summed E-state index contributed by atoms with van der Waals surface area (Å²) in [5.74, 6) is 0. The molecule has 0 aromatic heterocycles. The lowest BCUT2D eigenvalue weighted by atomic mass is 10.1. The molecular formula is C17H22N2O. The summed E-state index contributed by atoms with van der Waals surface area (Å²) in [5.41, 5.74) is 8.56. The maximum atomic E-state index is 10.3. The van der Waals surface area contributed by atoms with Crippen molar-refractivity contribution < 1.29 is 5.11 Å². The van der Waals surface area contributed by atoms with Crippen molar-refractivity contribution in [1.82, 2.24) is 4.90 Å². The first-order valence-corrected chi connectivity index (χ1v) is 6.99. The molecule has 0 fully saturated rings. The maximum Gasteiger partial charge on any atom is 0.0917 e. The molecule has 20 heavy (non-hydrogen) atoms. The van der Waals surface area contributed by atoms with Crippen LogP contribution in [-0.2, 0) is 6.54 Å². The first-order chi connectivity index (χ1) is 9.69. The van der Waals surface area contributed by atoms with Crippen LogP contribution < -0.4 is 5.73 Å². The minimum atomic E-state index is -0.487. The maximum absolute atomic E-state index is 10.3. The summed E-state index contributed by atoms with van der Waals surface area (Å²) in [4.78, 5) is 2.23. The van der Waals surface area contributed by atoms with Crippen LogP contribution in [0.4, 0.5) is 5.69 Å². The fourth-order valence-corrected chi connectivity index (χ4v) is 2.22. The van der Waals surface area contributed by atoms with Crippen LogP contribution >= 0.6 is 0 Å². The molecule has 0 aliphatic carbocycles. The molecule has 2 aromatic rings. The summed E-state index contributed by atoms with van der Waals surface area (Å²) < 4.78 is 0. The van der Waals surface area contributed by atoms with E-state index in [-0.39, 0.29) is 0 Å². The van der Waals surface area contributed by atoms with Gasteiger partial charge in [0.15, 0.2) is 0 Å². The van der Waals surface area contributed by atoms with Crippen LogP contribution in [0.3, 0.4) is 0 Å². The number of hydrogen-bond acceptors (Lipinski definition) is 3. The highest BCUT2D eigenvalue weighted by molar-refractivity contribution is 5.39. The van der Waals surface area contributed by atoms with E-state index >= 15 is 0 Å². The summed E-state index contributed by atoms with van der Waals surface area (Å²) in [6.45, 7) is 4.48. The van der Waals surface area contributed by atoms with Crippen molar-refractivity contribution in [3.63, 3.8) is 0 Å². The Balaban J connectivity index is 1.97. The third-order valence-electron chi connectivity index (χ3n) is 3.45. The Morgan fingerprint density at radius 1 is 1.05 bits per heavy atom. The zero-order valence-electron chi connectivity index (χ0n) is 11.9. The summed E-state index contributed by atoms with van der Waals surface area (Å²) in [7, 11) is 0. The number of aliphatic hydroxyl groups is 1. The lowest BCUT2D eigenvalue weighted by Crippen LogP contribution is -2.28. The molecule has 106 valence electrons. The van der Waals surface area contributed by atoms with Gasteiger partial charge in [0.05, 0.1) is 6.10 Å². The van der Waals surface area contributed by atoms with E-state index in [0.717, 1.165) is 24.3 Å². The third kappa shape index (κ3) is 4.08. The molecule has 3 heteroatoms. The number of nitrogens with two attached hydrogens (primary N) is 1. The van der Waals surface area contributed by atoms with E-state index in [0.29, 0.717) is 6.54 Å². The Kier molecular flexibility index (Phi) is 5.16. The summed E-state index contributed by atoms with van der Waals surface area (Å²) in [6, 6.07) is 17.7. The van der Waals surface area contributed by atoms with Gasteiger partial charge < -0.3 is 10.8 Å². The van der Waals surface area contributed by atoms with Gasteiger partial charge in [0.1, 0.15) is 0 Å².